The van der Waals surface area contributed by atoms with Gasteiger partial charge in [-0.2, -0.15) is 0 Å². The number of nitrogens with zero attached hydrogens (tertiary/aromatic N) is 1. The van der Waals surface area contributed by atoms with Gasteiger partial charge in [-0.25, -0.2) is 0 Å². The Morgan fingerprint density at radius 2 is 1.50 bits per heavy atom. The average molecular weight is 352 g/mol. The first kappa shape index (κ1) is 19.7. The molecule has 0 heterocycles. The van der Waals surface area contributed by atoms with E-state index >= 15 is 0 Å². The summed E-state index contributed by atoms with van der Waals surface area (Å²) in [6.07, 6.45) is 1.60. The summed E-state index contributed by atoms with van der Waals surface area (Å²) in [4.78, 5) is 27.1. The van der Waals surface area contributed by atoms with E-state index in [0.717, 1.165) is 35.2 Å². The number of hydrogen-bond acceptors (Lipinski definition) is 2. The van der Waals surface area contributed by atoms with Crippen molar-refractivity contribution in [2.45, 2.75) is 53.1 Å². The molecule has 0 saturated heterocycles. The third-order valence-corrected chi connectivity index (χ3v) is 4.51. The topological polar surface area (TPSA) is 49.4 Å². The maximum absolute atomic E-state index is 12.8. The van der Waals surface area contributed by atoms with Gasteiger partial charge in [-0.05, 0) is 43.4 Å². The normalized spacial score (nSPS) is 10.7. The van der Waals surface area contributed by atoms with E-state index in [1.165, 1.54) is 0 Å². The number of hydrogen-bond donors (Lipinski definition) is 1. The van der Waals surface area contributed by atoms with Gasteiger partial charge in [-0.3, -0.25) is 9.59 Å². The second-order valence-corrected chi connectivity index (χ2v) is 6.62. The van der Waals surface area contributed by atoms with Crippen LogP contribution in [-0.2, 0) is 29.0 Å². The number of carbonyl (C=O) groups excluding carboxylic acids is 2. The van der Waals surface area contributed by atoms with Gasteiger partial charge in [0.1, 0.15) is 0 Å². The van der Waals surface area contributed by atoms with Crippen LogP contribution < -0.4 is 5.32 Å². The molecule has 0 aliphatic carbocycles. The Kier molecular flexibility index (Phi) is 6.96. The summed E-state index contributed by atoms with van der Waals surface area (Å²) in [7, 11) is 0. The molecule has 0 unspecified atom stereocenters. The molecule has 138 valence electrons. The minimum absolute atomic E-state index is 0.0690. The highest BCUT2D eigenvalue weighted by atomic mass is 16.2. The molecule has 0 aliphatic heterocycles. The molecule has 26 heavy (non-hydrogen) atoms. The Labute approximate surface area is 156 Å². The summed E-state index contributed by atoms with van der Waals surface area (Å²) < 4.78 is 0. The first-order chi connectivity index (χ1) is 12.5. The maximum atomic E-state index is 12.8. The first-order valence-electron chi connectivity index (χ1n) is 9.24. The molecule has 0 bridgehead atoms. The molecule has 0 radical (unpaired) electrons. The summed E-state index contributed by atoms with van der Waals surface area (Å²) in [6, 6.07) is 15.6. The molecule has 0 fully saturated rings. The molecule has 0 aromatic heterocycles. The van der Waals surface area contributed by atoms with Crippen LogP contribution in [0.15, 0.2) is 48.5 Å². The summed E-state index contributed by atoms with van der Waals surface area (Å²) >= 11 is 0. The zero-order valence-corrected chi connectivity index (χ0v) is 16.1. The van der Waals surface area contributed by atoms with E-state index in [4.69, 9.17) is 0 Å². The second-order valence-electron chi connectivity index (χ2n) is 6.62. The van der Waals surface area contributed by atoms with E-state index in [0.29, 0.717) is 6.54 Å². The second kappa shape index (κ2) is 9.18. The van der Waals surface area contributed by atoms with Crippen LogP contribution in [0.1, 0.15) is 44.4 Å². The van der Waals surface area contributed by atoms with Crippen LogP contribution in [0.3, 0.4) is 0 Å². The molecule has 4 heteroatoms. The lowest BCUT2D eigenvalue weighted by Gasteiger charge is -2.26. The fraction of sp³-hybridized carbons (Fsp3) is 0.364. The molecule has 4 nitrogen and oxygen atoms in total. The van der Waals surface area contributed by atoms with E-state index in [-0.39, 0.29) is 6.04 Å². The minimum atomic E-state index is -0.578. The van der Waals surface area contributed by atoms with Gasteiger partial charge in [0.05, 0.1) is 0 Å². The number of nitrogens with one attached hydrogen (secondary N) is 1. The fourth-order valence-electron chi connectivity index (χ4n) is 2.97. The van der Waals surface area contributed by atoms with Crippen LogP contribution in [0.5, 0.6) is 0 Å². The molecule has 2 amide bonds. The number of carbonyl (C=O) groups is 2. The molecule has 0 atom stereocenters. The van der Waals surface area contributed by atoms with Crippen molar-refractivity contribution in [3.8, 4) is 0 Å². The van der Waals surface area contributed by atoms with Gasteiger partial charge in [0.2, 0.25) is 0 Å². The van der Waals surface area contributed by atoms with Crippen molar-refractivity contribution in [3.05, 3.63) is 65.2 Å². The van der Waals surface area contributed by atoms with E-state index in [1.54, 1.807) is 4.90 Å². The van der Waals surface area contributed by atoms with Crippen LogP contribution in [0, 0.1) is 0 Å². The van der Waals surface area contributed by atoms with Crippen LogP contribution >= 0.6 is 0 Å². The summed E-state index contributed by atoms with van der Waals surface area (Å²) in [5.74, 6) is -1.08. The van der Waals surface area contributed by atoms with Gasteiger partial charge in [-0.15, -0.1) is 0 Å². The summed E-state index contributed by atoms with van der Waals surface area (Å²) in [5.41, 5.74) is 3.87. The maximum Gasteiger partial charge on any atom is 0.313 e. The molecule has 2 rings (SSSR count). The zero-order valence-electron chi connectivity index (χ0n) is 16.1. The number of benzene rings is 2. The Morgan fingerprint density at radius 3 is 2.00 bits per heavy atom. The number of para-hydroxylation sites is 1. The van der Waals surface area contributed by atoms with Crippen molar-refractivity contribution in [2.75, 3.05) is 5.32 Å². The molecule has 2 aromatic rings. The van der Waals surface area contributed by atoms with Crippen molar-refractivity contribution in [1.29, 1.82) is 0 Å². The molecular weight excluding hydrogens is 324 g/mol. The summed E-state index contributed by atoms with van der Waals surface area (Å²) in [5, 5.41) is 2.87. The quantitative estimate of drug-likeness (QED) is 0.793. The zero-order chi connectivity index (χ0) is 19.1. The molecule has 1 N–H and O–H groups in total. The average Bonchev–Trinajstić information content (AvgIpc) is 2.66. The van der Waals surface area contributed by atoms with E-state index in [2.05, 4.69) is 5.32 Å². The molecular formula is C22H28N2O2. The van der Waals surface area contributed by atoms with E-state index in [1.807, 2.05) is 76.2 Å². The van der Waals surface area contributed by atoms with Crippen molar-refractivity contribution in [1.82, 2.24) is 4.90 Å². The smallest absolute Gasteiger partial charge is 0.313 e. The summed E-state index contributed by atoms with van der Waals surface area (Å²) in [6.45, 7) is 8.35. The van der Waals surface area contributed by atoms with Crippen molar-refractivity contribution < 1.29 is 9.59 Å². The van der Waals surface area contributed by atoms with Crippen LogP contribution in [0.25, 0.3) is 0 Å². The Bertz CT molecular complexity index is 732. The Hall–Kier alpha value is -2.62. The first-order valence-corrected chi connectivity index (χ1v) is 9.24. The standard InChI is InChI=1S/C22H28N2O2/c1-5-18-13-10-14-19(6-2)20(18)23-21(25)22(26)24(16(3)4)15-17-11-8-7-9-12-17/h7-14,16H,5-6,15H2,1-4H3,(H,23,25). The van der Waals surface area contributed by atoms with Crippen molar-refractivity contribution in [3.63, 3.8) is 0 Å². The highest BCUT2D eigenvalue weighted by molar-refractivity contribution is 6.39. The largest absolute Gasteiger partial charge is 0.328 e. The van der Waals surface area contributed by atoms with Crippen molar-refractivity contribution in [2.24, 2.45) is 0 Å². The third-order valence-electron chi connectivity index (χ3n) is 4.51. The van der Waals surface area contributed by atoms with Gasteiger partial charge in [0, 0.05) is 18.3 Å². The fourth-order valence-corrected chi connectivity index (χ4v) is 2.97. The third kappa shape index (κ3) is 4.72. The molecule has 0 saturated carbocycles. The highest BCUT2D eigenvalue weighted by Gasteiger charge is 2.25. The lowest BCUT2D eigenvalue weighted by Crippen LogP contribution is -2.43. The van der Waals surface area contributed by atoms with Gasteiger partial charge in [-0.1, -0.05) is 62.4 Å². The SMILES string of the molecule is CCc1cccc(CC)c1NC(=O)C(=O)N(Cc1ccccc1)C(C)C. The Morgan fingerprint density at radius 1 is 0.923 bits per heavy atom. The van der Waals surface area contributed by atoms with Crippen LogP contribution in [0.2, 0.25) is 0 Å². The molecule has 0 aliphatic rings. The molecule has 0 spiro atoms. The predicted molar refractivity (Wildman–Crippen MR) is 106 cm³/mol. The van der Waals surface area contributed by atoms with Crippen LogP contribution in [-0.4, -0.2) is 22.8 Å². The number of aryl methyl sites for hydroxylation is 2. The minimum Gasteiger partial charge on any atom is -0.328 e. The lowest BCUT2D eigenvalue weighted by atomic mass is 10.0. The van der Waals surface area contributed by atoms with E-state index in [9.17, 15) is 9.59 Å². The number of amides is 2. The van der Waals surface area contributed by atoms with Crippen LogP contribution in [0.4, 0.5) is 5.69 Å². The number of rotatable bonds is 6. The lowest BCUT2D eigenvalue weighted by molar-refractivity contribution is -0.144. The predicted octanol–water partition coefficient (Wildman–Crippen LogP) is 4.19. The monoisotopic (exact) mass is 352 g/mol. The van der Waals surface area contributed by atoms with Crippen molar-refractivity contribution >= 4 is 17.5 Å². The van der Waals surface area contributed by atoms with E-state index < -0.39 is 11.8 Å². The van der Waals surface area contributed by atoms with Gasteiger partial charge in [0.15, 0.2) is 0 Å². The van der Waals surface area contributed by atoms with Gasteiger partial charge >= 0.3 is 11.8 Å². The molecule has 2 aromatic carbocycles. The Balaban J connectivity index is 2.21. The number of anilines is 1. The van der Waals surface area contributed by atoms with Gasteiger partial charge < -0.3 is 10.2 Å². The van der Waals surface area contributed by atoms with Gasteiger partial charge in [0.25, 0.3) is 0 Å². The highest BCUT2D eigenvalue weighted by Crippen LogP contribution is 2.23.